The third-order valence-corrected chi connectivity index (χ3v) is 6.86. The van der Waals surface area contributed by atoms with Crippen molar-refractivity contribution in [2.75, 3.05) is 0 Å². The van der Waals surface area contributed by atoms with Crippen molar-refractivity contribution in [3.63, 3.8) is 0 Å². The van der Waals surface area contributed by atoms with Gasteiger partial charge in [-0.15, -0.1) is 27.8 Å². The van der Waals surface area contributed by atoms with E-state index in [1.807, 2.05) is 35.0 Å². The highest BCUT2D eigenvalue weighted by atomic mass is 32.1. The van der Waals surface area contributed by atoms with Gasteiger partial charge >= 0.3 is 6.18 Å². The summed E-state index contributed by atoms with van der Waals surface area (Å²) in [5.74, 6) is 0.716. The van der Waals surface area contributed by atoms with Crippen LogP contribution in [-0.2, 0) is 19.3 Å². The van der Waals surface area contributed by atoms with Crippen LogP contribution in [0, 0.1) is 0 Å². The summed E-state index contributed by atoms with van der Waals surface area (Å²) in [4.78, 5) is 9.16. The molecule has 0 unspecified atom stereocenters. The molecule has 0 radical (unpaired) electrons. The van der Waals surface area contributed by atoms with Crippen LogP contribution in [0.4, 0.5) is 13.2 Å². The number of thiazole rings is 2. The summed E-state index contributed by atoms with van der Waals surface area (Å²) in [6, 6.07) is 12.7. The van der Waals surface area contributed by atoms with Crippen LogP contribution in [0.2, 0.25) is 0 Å². The van der Waals surface area contributed by atoms with Gasteiger partial charge in [0.15, 0.2) is 0 Å². The van der Waals surface area contributed by atoms with Gasteiger partial charge < -0.3 is 4.74 Å². The zero-order valence-electron chi connectivity index (χ0n) is 18.6. The van der Waals surface area contributed by atoms with E-state index in [2.05, 4.69) is 20.3 Å². The summed E-state index contributed by atoms with van der Waals surface area (Å²) < 4.78 is 45.6. The Balaban J connectivity index is 1.14. The van der Waals surface area contributed by atoms with Crippen LogP contribution in [0.25, 0.3) is 22.7 Å². The summed E-state index contributed by atoms with van der Waals surface area (Å²) in [5.41, 5.74) is 2.70. The lowest BCUT2D eigenvalue weighted by atomic mass is 10.1. The van der Waals surface area contributed by atoms with Gasteiger partial charge in [-0.1, -0.05) is 23.4 Å². The lowest BCUT2D eigenvalue weighted by molar-refractivity contribution is -0.137. The monoisotopic (exact) mass is 525 g/mol. The SMILES string of the molecule is FC(F)(F)c1ccc(/C=C/c2nc(COc3ccc(-c4nc(Cn5ccnn5)cs4)cc3)cs2)cc1. The summed E-state index contributed by atoms with van der Waals surface area (Å²) in [5, 5.41) is 13.3. The van der Waals surface area contributed by atoms with Crippen LogP contribution in [0.1, 0.15) is 27.5 Å². The predicted molar refractivity (Wildman–Crippen MR) is 133 cm³/mol. The Morgan fingerprint density at radius 3 is 2.39 bits per heavy atom. The van der Waals surface area contributed by atoms with Crippen molar-refractivity contribution in [2.24, 2.45) is 0 Å². The fraction of sp³-hybridized carbons (Fsp3) is 0.120. The first-order chi connectivity index (χ1) is 17.4. The van der Waals surface area contributed by atoms with Crippen molar-refractivity contribution in [1.82, 2.24) is 25.0 Å². The normalized spacial score (nSPS) is 11.9. The van der Waals surface area contributed by atoms with E-state index in [1.54, 1.807) is 40.6 Å². The molecule has 0 aliphatic carbocycles. The number of benzene rings is 2. The van der Waals surface area contributed by atoms with Gasteiger partial charge in [0.1, 0.15) is 22.4 Å². The number of rotatable bonds is 8. The molecule has 0 bridgehead atoms. The molecule has 5 aromatic rings. The van der Waals surface area contributed by atoms with E-state index in [4.69, 9.17) is 4.74 Å². The Morgan fingerprint density at radius 1 is 0.889 bits per heavy atom. The highest BCUT2D eigenvalue weighted by Gasteiger charge is 2.29. The molecule has 0 N–H and O–H groups in total. The van der Waals surface area contributed by atoms with Gasteiger partial charge in [-0.2, -0.15) is 13.2 Å². The first-order valence-electron chi connectivity index (χ1n) is 10.7. The van der Waals surface area contributed by atoms with Crippen LogP contribution in [0.3, 0.4) is 0 Å². The summed E-state index contributed by atoms with van der Waals surface area (Å²) >= 11 is 3.01. The van der Waals surface area contributed by atoms with E-state index in [1.165, 1.54) is 23.5 Å². The molecular weight excluding hydrogens is 507 g/mol. The van der Waals surface area contributed by atoms with Crippen molar-refractivity contribution in [1.29, 1.82) is 0 Å². The van der Waals surface area contributed by atoms with Gasteiger partial charge in [-0.05, 0) is 48.0 Å². The lowest BCUT2D eigenvalue weighted by Crippen LogP contribution is -2.03. The minimum atomic E-state index is -4.34. The Kier molecular flexibility index (Phi) is 6.92. The molecule has 0 saturated carbocycles. The summed E-state index contributed by atoms with van der Waals surface area (Å²) in [6.45, 7) is 0.885. The van der Waals surface area contributed by atoms with Crippen molar-refractivity contribution in [3.05, 3.63) is 99.2 Å². The first kappa shape index (κ1) is 23.9. The van der Waals surface area contributed by atoms with E-state index in [-0.39, 0.29) is 0 Å². The molecule has 3 heterocycles. The highest BCUT2D eigenvalue weighted by molar-refractivity contribution is 7.13. The van der Waals surface area contributed by atoms with E-state index in [0.717, 1.165) is 39.1 Å². The van der Waals surface area contributed by atoms with Gasteiger partial charge in [0.25, 0.3) is 0 Å². The quantitative estimate of drug-likeness (QED) is 0.226. The minimum absolute atomic E-state index is 0.309. The molecule has 0 aliphatic heterocycles. The lowest BCUT2D eigenvalue weighted by Gasteiger charge is -2.05. The van der Waals surface area contributed by atoms with Crippen molar-refractivity contribution in [2.45, 2.75) is 19.3 Å². The zero-order chi connectivity index (χ0) is 25.0. The van der Waals surface area contributed by atoms with Crippen molar-refractivity contribution >= 4 is 34.8 Å². The van der Waals surface area contributed by atoms with Crippen LogP contribution >= 0.6 is 22.7 Å². The molecule has 5 rings (SSSR count). The molecule has 36 heavy (non-hydrogen) atoms. The average molecular weight is 526 g/mol. The highest BCUT2D eigenvalue weighted by Crippen LogP contribution is 2.29. The molecule has 0 fully saturated rings. The Labute approximate surface area is 212 Å². The standard InChI is InChI=1S/C25H18F3N5OS2/c26-25(27,28)19-6-1-17(2-7-19)3-10-23-30-21(16-35-23)14-34-22-8-4-18(5-9-22)24-31-20(15-36-24)13-33-12-11-29-32-33/h1-12,15-16H,13-14H2/b10-3+. The number of nitrogens with zero attached hydrogens (tertiary/aromatic N) is 5. The second kappa shape index (κ2) is 10.4. The molecule has 0 amide bonds. The number of aromatic nitrogens is 5. The molecule has 0 atom stereocenters. The van der Waals surface area contributed by atoms with Gasteiger partial charge in [0, 0.05) is 22.5 Å². The Morgan fingerprint density at radius 2 is 1.67 bits per heavy atom. The van der Waals surface area contributed by atoms with Crippen molar-refractivity contribution in [3.8, 4) is 16.3 Å². The Bertz CT molecular complexity index is 1440. The average Bonchev–Trinajstić information content (AvgIpc) is 3.65. The number of halogens is 3. The van der Waals surface area contributed by atoms with E-state index < -0.39 is 11.7 Å². The number of ether oxygens (including phenoxy) is 1. The van der Waals surface area contributed by atoms with E-state index in [9.17, 15) is 13.2 Å². The fourth-order valence-corrected chi connectivity index (χ4v) is 4.77. The van der Waals surface area contributed by atoms with Crippen LogP contribution in [0.15, 0.2) is 71.7 Å². The minimum Gasteiger partial charge on any atom is -0.487 e. The largest absolute Gasteiger partial charge is 0.487 e. The molecule has 0 saturated heterocycles. The molecule has 11 heteroatoms. The topological polar surface area (TPSA) is 65.7 Å². The van der Waals surface area contributed by atoms with E-state index in [0.29, 0.717) is 24.5 Å². The smallest absolute Gasteiger partial charge is 0.416 e. The number of hydrogen-bond donors (Lipinski definition) is 0. The van der Waals surface area contributed by atoms with E-state index >= 15 is 0 Å². The summed E-state index contributed by atoms with van der Waals surface area (Å²) in [7, 11) is 0. The molecule has 182 valence electrons. The van der Waals surface area contributed by atoms with Gasteiger partial charge in [0.05, 0.1) is 29.7 Å². The van der Waals surface area contributed by atoms with Crippen molar-refractivity contribution < 1.29 is 17.9 Å². The molecule has 0 spiro atoms. The van der Waals surface area contributed by atoms with Crippen LogP contribution in [-0.4, -0.2) is 25.0 Å². The van der Waals surface area contributed by atoms with Gasteiger partial charge in [0.2, 0.25) is 0 Å². The van der Waals surface area contributed by atoms with Gasteiger partial charge in [-0.3, -0.25) is 0 Å². The maximum atomic E-state index is 12.7. The molecule has 0 aliphatic rings. The molecular formula is C25H18F3N5OS2. The summed E-state index contributed by atoms with van der Waals surface area (Å²) in [6.07, 6.45) is 2.61. The number of hydrogen-bond acceptors (Lipinski definition) is 7. The first-order valence-corrected chi connectivity index (χ1v) is 12.5. The third kappa shape index (κ3) is 6.04. The maximum absolute atomic E-state index is 12.7. The number of alkyl halides is 3. The second-order valence-electron chi connectivity index (χ2n) is 7.69. The molecule has 6 nitrogen and oxygen atoms in total. The zero-order valence-corrected chi connectivity index (χ0v) is 20.2. The molecule has 2 aromatic carbocycles. The maximum Gasteiger partial charge on any atom is 0.416 e. The van der Waals surface area contributed by atoms with Gasteiger partial charge in [-0.25, -0.2) is 14.6 Å². The fourth-order valence-electron chi connectivity index (χ4n) is 3.26. The molecule has 3 aromatic heterocycles. The Hall–Kier alpha value is -3.83. The van der Waals surface area contributed by atoms with Crippen LogP contribution < -0.4 is 4.74 Å². The second-order valence-corrected chi connectivity index (χ2v) is 9.44. The van der Waals surface area contributed by atoms with Crippen LogP contribution in [0.5, 0.6) is 5.75 Å². The third-order valence-electron chi connectivity index (χ3n) is 5.06. The predicted octanol–water partition coefficient (Wildman–Crippen LogP) is 6.67.